The first-order chi connectivity index (χ1) is 30.9. The van der Waals surface area contributed by atoms with Gasteiger partial charge in [-0.2, -0.15) is 4.98 Å². The Morgan fingerprint density at radius 3 is 2.52 bits per heavy atom. The third kappa shape index (κ3) is 10.4. The van der Waals surface area contributed by atoms with Crippen molar-refractivity contribution in [3.05, 3.63) is 88.0 Å². The van der Waals surface area contributed by atoms with Gasteiger partial charge in [-0.15, -0.1) is 0 Å². The Kier molecular flexibility index (Phi) is 14.2. The summed E-state index contributed by atoms with van der Waals surface area (Å²) in [6.07, 6.45) is 11.5. The van der Waals surface area contributed by atoms with Crippen molar-refractivity contribution in [1.29, 1.82) is 0 Å². The molecule has 1 aliphatic carbocycles. The second-order valence-corrected chi connectivity index (χ2v) is 21.5. The average Bonchev–Trinajstić information content (AvgIpc) is 3.76. The molecule has 2 amide bonds. The van der Waals surface area contributed by atoms with Gasteiger partial charge < -0.3 is 35.5 Å². The maximum atomic E-state index is 15.2. The molecule has 4 heterocycles. The first kappa shape index (κ1) is 45.5. The number of nitrogens with zero attached hydrogens (tertiary/aromatic N) is 5. The van der Waals surface area contributed by atoms with E-state index in [-0.39, 0.29) is 18.1 Å². The number of carbonyl (C=O) groups excluding carboxylic acids is 2. The average molecular weight is 956 g/mol. The van der Waals surface area contributed by atoms with Gasteiger partial charge in [-0.3, -0.25) is 24.9 Å². The molecule has 14 nitrogen and oxygen atoms in total. The molecule has 3 fully saturated rings. The predicted molar refractivity (Wildman–Crippen MR) is 255 cm³/mol. The highest BCUT2D eigenvalue weighted by Crippen LogP contribution is 2.42. The molecular weight excluding hydrogens is 898 g/mol. The molecule has 0 radical (unpaired) electrons. The van der Waals surface area contributed by atoms with Crippen LogP contribution in [-0.2, 0) is 20.6 Å². The van der Waals surface area contributed by atoms with Gasteiger partial charge in [0.2, 0.25) is 17.8 Å². The van der Waals surface area contributed by atoms with Crippen LogP contribution in [0.4, 0.5) is 33.2 Å². The van der Waals surface area contributed by atoms with Crippen LogP contribution in [0, 0.1) is 11.7 Å². The summed E-state index contributed by atoms with van der Waals surface area (Å²) < 4.78 is 35.2. The number of hydrogen-bond donors (Lipinski definition) is 5. The van der Waals surface area contributed by atoms with Gasteiger partial charge in [0.1, 0.15) is 30.0 Å². The molecular formula is C47H57BrFN10O4P. The van der Waals surface area contributed by atoms with Gasteiger partial charge in [0.05, 0.1) is 39.7 Å². The number of aryl methyl sites for hydroxylation is 1. The molecule has 338 valence electrons. The lowest BCUT2D eigenvalue weighted by atomic mass is 9.87. The summed E-state index contributed by atoms with van der Waals surface area (Å²) in [7, 11) is -1.10. The number of aromatic nitrogens is 4. The van der Waals surface area contributed by atoms with Crippen molar-refractivity contribution in [2.24, 2.45) is 5.92 Å². The monoisotopic (exact) mass is 954 g/mol. The van der Waals surface area contributed by atoms with E-state index in [1.807, 2.05) is 18.2 Å². The molecule has 2 aromatic heterocycles. The van der Waals surface area contributed by atoms with E-state index in [0.717, 1.165) is 82.5 Å². The largest absolute Gasteiger partial charge is 0.494 e. The summed E-state index contributed by atoms with van der Waals surface area (Å²) in [6.45, 7) is 10.2. The van der Waals surface area contributed by atoms with E-state index in [9.17, 15) is 14.2 Å². The number of anilines is 5. The molecule has 5 N–H and O–H groups in total. The van der Waals surface area contributed by atoms with E-state index in [1.165, 1.54) is 11.3 Å². The highest BCUT2D eigenvalue weighted by Gasteiger charge is 2.32. The van der Waals surface area contributed by atoms with Gasteiger partial charge in [-0.1, -0.05) is 19.1 Å². The van der Waals surface area contributed by atoms with Crippen LogP contribution in [0.3, 0.4) is 0 Å². The zero-order chi connectivity index (χ0) is 45.0. The number of hydrogen-bond acceptors (Lipinski definition) is 13. The second kappa shape index (κ2) is 20.0. The number of amides is 2. The number of carbonyl (C=O) groups is 2. The van der Waals surface area contributed by atoms with E-state index in [2.05, 4.69) is 81.4 Å². The van der Waals surface area contributed by atoms with Gasteiger partial charge in [0, 0.05) is 74.5 Å². The van der Waals surface area contributed by atoms with Crippen LogP contribution in [0.15, 0.2) is 65.5 Å². The number of benzene rings is 3. The molecule has 3 aromatic carbocycles. The number of piperidine rings is 2. The van der Waals surface area contributed by atoms with Crippen LogP contribution in [0.2, 0.25) is 0 Å². The minimum absolute atomic E-state index is 0.237. The van der Waals surface area contributed by atoms with Crippen LogP contribution in [0.1, 0.15) is 80.4 Å². The van der Waals surface area contributed by atoms with Crippen LogP contribution < -0.4 is 41.5 Å². The number of halogens is 2. The molecule has 0 spiro atoms. The van der Waals surface area contributed by atoms with Gasteiger partial charge >= 0.3 is 0 Å². The van der Waals surface area contributed by atoms with Crippen molar-refractivity contribution >= 4 is 80.1 Å². The summed E-state index contributed by atoms with van der Waals surface area (Å²) >= 11 is 3.59. The van der Waals surface area contributed by atoms with Crippen molar-refractivity contribution in [3.63, 3.8) is 0 Å². The lowest BCUT2D eigenvalue weighted by Crippen LogP contribution is -2.44. The van der Waals surface area contributed by atoms with Gasteiger partial charge in [-0.25, -0.2) is 9.37 Å². The Morgan fingerprint density at radius 2 is 1.77 bits per heavy atom. The third-order valence-corrected chi connectivity index (χ3v) is 14.9. The van der Waals surface area contributed by atoms with Crippen LogP contribution in [0.25, 0.3) is 11.0 Å². The van der Waals surface area contributed by atoms with Crippen molar-refractivity contribution in [1.82, 2.24) is 35.9 Å². The number of methoxy groups -OCH3 is 1. The molecule has 2 aliphatic heterocycles. The van der Waals surface area contributed by atoms with Gasteiger partial charge in [0.25, 0.3) is 0 Å². The van der Waals surface area contributed by atoms with Crippen molar-refractivity contribution in [2.75, 3.05) is 68.7 Å². The second-order valence-electron chi connectivity index (χ2n) is 17.5. The highest BCUT2D eigenvalue weighted by atomic mass is 79.9. The minimum atomic E-state index is -2.77. The maximum absolute atomic E-state index is 15.2. The van der Waals surface area contributed by atoms with Crippen molar-refractivity contribution in [2.45, 2.75) is 76.2 Å². The van der Waals surface area contributed by atoms with Crippen LogP contribution in [0.5, 0.6) is 5.75 Å². The number of imide groups is 1. The number of rotatable bonds is 16. The van der Waals surface area contributed by atoms with E-state index in [4.69, 9.17) is 9.72 Å². The van der Waals surface area contributed by atoms with E-state index in [0.29, 0.717) is 73.9 Å². The Morgan fingerprint density at radius 1 is 0.953 bits per heavy atom. The van der Waals surface area contributed by atoms with E-state index in [1.54, 1.807) is 51.2 Å². The molecule has 1 saturated carbocycles. The molecule has 64 heavy (non-hydrogen) atoms. The number of fused-ring (bicyclic) bond motifs is 1. The summed E-state index contributed by atoms with van der Waals surface area (Å²) in [5.41, 5.74) is 6.41. The van der Waals surface area contributed by atoms with Gasteiger partial charge in [0.15, 0.2) is 0 Å². The SMILES string of the molecule is CCc1cc(Nc2ncc(Br)c(Nc3ccc4nccnc4c3P(C)(C)=O)n2)c(OC)cc1N1CCC(NCCNCC2CCC(c3ccc(C4CCC(=O)NC4=O)c(F)c3)C2)CC1. The Labute approximate surface area is 382 Å². The minimum Gasteiger partial charge on any atom is -0.494 e. The first-order valence-corrected chi connectivity index (χ1v) is 25.7. The molecule has 17 heteroatoms. The number of ether oxygens (including phenoxy) is 1. The molecule has 3 aliphatic rings. The Balaban J connectivity index is 0.812. The summed E-state index contributed by atoms with van der Waals surface area (Å²) in [5.74, 6) is 0.762. The lowest BCUT2D eigenvalue weighted by Gasteiger charge is -2.35. The topological polar surface area (TPSA) is 175 Å². The van der Waals surface area contributed by atoms with Crippen molar-refractivity contribution in [3.8, 4) is 5.75 Å². The highest BCUT2D eigenvalue weighted by molar-refractivity contribution is 9.10. The normalized spacial score (nSPS) is 19.5. The first-order valence-electron chi connectivity index (χ1n) is 22.3. The fourth-order valence-electron chi connectivity index (χ4n) is 9.52. The molecule has 0 bridgehead atoms. The van der Waals surface area contributed by atoms with E-state index < -0.39 is 19.0 Å². The lowest BCUT2D eigenvalue weighted by molar-refractivity contribution is -0.134. The Hall–Kier alpha value is -5.02. The molecule has 3 unspecified atom stereocenters. The molecule has 5 aromatic rings. The number of nitrogens with one attached hydrogen (secondary N) is 5. The standard InChI is InChI=1S/C47H57BrFN10O4P/c1-5-29-24-39(56-47-54-27-35(48)45(58-47)55-38-12-11-37-43(53-19-18-52-37)44(38)64(3,4)62)41(63-2)25-40(29)59-20-14-32(15-21-59)51-17-16-50-26-28-6-7-30(22-28)31-8-9-33(36(49)23-31)34-10-13-42(60)57-46(34)61/h8-9,11-12,18-19,23-25,27-28,30,32,34,50-51H,5-7,10,13-17,20-22,26H2,1-4H3,(H,57,60,61)(H2,54,55,56,58). The van der Waals surface area contributed by atoms with Crippen molar-refractivity contribution < 1.29 is 23.3 Å². The zero-order valence-electron chi connectivity index (χ0n) is 36.8. The summed E-state index contributed by atoms with van der Waals surface area (Å²) in [5, 5.41) is 17.1. The van der Waals surface area contributed by atoms with Gasteiger partial charge in [-0.05, 0) is 128 Å². The third-order valence-electron chi connectivity index (χ3n) is 12.8. The fourth-order valence-corrected chi connectivity index (χ4v) is 11.2. The summed E-state index contributed by atoms with van der Waals surface area (Å²) in [4.78, 5) is 44.5. The molecule has 3 atom stereocenters. The Bertz CT molecular complexity index is 2570. The van der Waals surface area contributed by atoms with Crippen LogP contribution in [-0.4, -0.2) is 91.0 Å². The van der Waals surface area contributed by atoms with Crippen LogP contribution >= 0.6 is 23.1 Å². The fraction of sp³-hybridized carbons (Fsp3) is 0.447. The molecule has 8 rings (SSSR count). The quantitative estimate of drug-likeness (QED) is 0.0368. The van der Waals surface area contributed by atoms with E-state index >= 15 is 4.39 Å². The molecule has 2 saturated heterocycles. The maximum Gasteiger partial charge on any atom is 0.234 e. The smallest absolute Gasteiger partial charge is 0.234 e. The zero-order valence-corrected chi connectivity index (χ0v) is 39.3. The summed E-state index contributed by atoms with van der Waals surface area (Å²) in [6, 6.07) is 13.7. The predicted octanol–water partition coefficient (Wildman–Crippen LogP) is 7.88.